The molecule has 7 rings (SSSR count). The highest BCUT2D eigenvalue weighted by molar-refractivity contribution is 7.19. The number of thiophene rings is 1. The molecule has 194 valence electrons. The lowest BCUT2D eigenvalue weighted by atomic mass is 9.86. The molecule has 3 aromatic heterocycles. The van der Waals surface area contributed by atoms with Crippen LogP contribution in [0.3, 0.4) is 0 Å². The van der Waals surface area contributed by atoms with Crippen molar-refractivity contribution >= 4 is 55.6 Å². The van der Waals surface area contributed by atoms with Crippen molar-refractivity contribution in [2.45, 2.75) is 19.3 Å². The molecule has 1 atom stereocenters. The van der Waals surface area contributed by atoms with E-state index in [1.165, 1.54) is 10.4 Å². The first-order chi connectivity index (χ1) is 19.2. The second-order valence-corrected chi connectivity index (χ2v) is 11.2. The summed E-state index contributed by atoms with van der Waals surface area (Å²) in [6, 6.07) is 15.9. The molecule has 1 aliphatic carbocycles. The summed E-state index contributed by atoms with van der Waals surface area (Å²) in [7, 11) is 0. The average molecular weight is 535 g/mol. The first-order valence-corrected chi connectivity index (χ1v) is 14.0. The molecule has 0 spiro atoms. The topological polar surface area (TPSA) is 114 Å². The van der Waals surface area contributed by atoms with Gasteiger partial charge in [0.25, 0.3) is 0 Å². The van der Waals surface area contributed by atoms with Gasteiger partial charge in [0.05, 0.1) is 28.7 Å². The maximum absolute atomic E-state index is 13.5. The molecule has 9 nitrogen and oxygen atoms in total. The number of carbonyl (C=O) groups excluding carboxylic acids is 1. The fourth-order valence-electron chi connectivity index (χ4n) is 5.76. The van der Waals surface area contributed by atoms with Crippen LogP contribution in [0.15, 0.2) is 55.0 Å². The van der Waals surface area contributed by atoms with Crippen LogP contribution in [-0.2, 0) is 17.6 Å². The Bertz CT molecular complexity index is 1730. The standard InChI is InChI=1S/C29H26N8OS/c30-15-18-1-5-22(6-2-18)36-9-11-37(12-10-36)29(38)19-3-7-23-25(14-19)39-28-26(23)27(31-17-32-28)34-21-4-8-24-20(13-21)16-33-35-24/h1-2,4-6,8,13,16-17,19H,3,7,9-12,14H2,(H,33,35)(H,31,32,34)/t19-/m0/s1. The van der Waals surface area contributed by atoms with Crippen LogP contribution >= 0.6 is 11.3 Å². The van der Waals surface area contributed by atoms with Gasteiger partial charge >= 0.3 is 0 Å². The van der Waals surface area contributed by atoms with Crippen LogP contribution in [0.5, 0.6) is 0 Å². The molecule has 2 aromatic carbocycles. The molecule has 39 heavy (non-hydrogen) atoms. The van der Waals surface area contributed by atoms with E-state index < -0.39 is 0 Å². The molecular formula is C29H26N8OS. The van der Waals surface area contributed by atoms with Crippen molar-refractivity contribution in [1.82, 2.24) is 25.1 Å². The molecule has 2 aliphatic rings. The maximum atomic E-state index is 13.5. The van der Waals surface area contributed by atoms with Gasteiger partial charge in [-0.05, 0) is 67.3 Å². The van der Waals surface area contributed by atoms with E-state index in [1.807, 2.05) is 47.5 Å². The zero-order chi connectivity index (χ0) is 26.3. The van der Waals surface area contributed by atoms with Crippen molar-refractivity contribution in [1.29, 1.82) is 5.26 Å². The minimum Gasteiger partial charge on any atom is -0.368 e. The van der Waals surface area contributed by atoms with Crippen molar-refractivity contribution < 1.29 is 4.79 Å². The number of aromatic amines is 1. The summed E-state index contributed by atoms with van der Waals surface area (Å²) >= 11 is 1.69. The fourth-order valence-corrected chi connectivity index (χ4v) is 7.03. The van der Waals surface area contributed by atoms with E-state index in [0.717, 1.165) is 83.8 Å². The molecule has 0 unspecified atom stereocenters. The fraction of sp³-hybridized carbons (Fsp3) is 0.276. The average Bonchev–Trinajstić information content (AvgIpc) is 3.61. The van der Waals surface area contributed by atoms with Gasteiger partial charge < -0.3 is 15.1 Å². The van der Waals surface area contributed by atoms with Crippen molar-refractivity contribution in [3.05, 3.63) is 71.0 Å². The number of amides is 1. The zero-order valence-electron chi connectivity index (χ0n) is 21.2. The number of hydrogen-bond acceptors (Lipinski definition) is 8. The SMILES string of the molecule is N#Cc1ccc(N2CCN(C(=O)[C@H]3CCc4c(sc5ncnc(Nc6ccc7[nH]ncc7c6)c45)C3)CC2)cc1. The van der Waals surface area contributed by atoms with Crippen LogP contribution in [0.1, 0.15) is 22.4 Å². The van der Waals surface area contributed by atoms with E-state index in [9.17, 15) is 4.79 Å². The Kier molecular flexibility index (Phi) is 5.86. The number of nitriles is 1. The third-order valence-corrected chi connectivity index (χ3v) is 9.01. The molecule has 2 N–H and O–H groups in total. The number of fused-ring (bicyclic) bond motifs is 4. The zero-order valence-corrected chi connectivity index (χ0v) is 22.0. The lowest BCUT2D eigenvalue weighted by Gasteiger charge is -2.38. The Morgan fingerprint density at radius 3 is 2.77 bits per heavy atom. The monoisotopic (exact) mass is 534 g/mol. The molecule has 1 aliphatic heterocycles. The second kappa shape index (κ2) is 9.67. The Balaban J connectivity index is 1.05. The number of nitrogens with one attached hydrogen (secondary N) is 2. The molecule has 0 radical (unpaired) electrons. The van der Waals surface area contributed by atoms with Crippen LogP contribution in [0.25, 0.3) is 21.1 Å². The van der Waals surface area contributed by atoms with Crippen molar-refractivity contribution in [3.8, 4) is 6.07 Å². The number of carbonyl (C=O) groups is 1. The molecule has 5 aromatic rings. The first kappa shape index (κ1) is 23.6. The number of hydrogen-bond donors (Lipinski definition) is 2. The predicted molar refractivity (Wildman–Crippen MR) is 152 cm³/mol. The van der Waals surface area contributed by atoms with Gasteiger partial charge in [0.2, 0.25) is 5.91 Å². The molecule has 1 fully saturated rings. The quantitative estimate of drug-likeness (QED) is 0.345. The van der Waals surface area contributed by atoms with E-state index in [1.54, 1.807) is 17.7 Å². The van der Waals surface area contributed by atoms with Crippen LogP contribution in [0, 0.1) is 17.2 Å². The van der Waals surface area contributed by atoms with E-state index in [2.05, 4.69) is 42.5 Å². The van der Waals surface area contributed by atoms with Crippen LogP contribution in [-0.4, -0.2) is 57.2 Å². The maximum Gasteiger partial charge on any atom is 0.226 e. The predicted octanol–water partition coefficient (Wildman–Crippen LogP) is 4.64. The summed E-state index contributed by atoms with van der Waals surface area (Å²) in [6.07, 6.45) is 5.86. The largest absolute Gasteiger partial charge is 0.368 e. The van der Waals surface area contributed by atoms with E-state index in [4.69, 9.17) is 5.26 Å². The number of aromatic nitrogens is 4. The third-order valence-electron chi connectivity index (χ3n) is 7.85. The number of rotatable bonds is 4. The number of H-pyrrole nitrogens is 1. The van der Waals surface area contributed by atoms with Crippen molar-refractivity contribution in [2.75, 3.05) is 36.4 Å². The number of piperazine rings is 1. The van der Waals surface area contributed by atoms with Gasteiger partial charge in [-0.25, -0.2) is 9.97 Å². The summed E-state index contributed by atoms with van der Waals surface area (Å²) in [5.74, 6) is 1.07. The number of benzene rings is 2. The van der Waals surface area contributed by atoms with Gasteiger partial charge in [0.1, 0.15) is 17.0 Å². The van der Waals surface area contributed by atoms with Gasteiger partial charge in [-0.3, -0.25) is 9.89 Å². The lowest BCUT2D eigenvalue weighted by molar-refractivity contribution is -0.136. The van der Waals surface area contributed by atoms with Gasteiger partial charge in [-0.15, -0.1) is 11.3 Å². The summed E-state index contributed by atoms with van der Waals surface area (Å²) in [5.41, 5.74) is 4.98. The third kappa shape index (κ3) is 4.34. The van der Waals surface area contributed by atoms with Gasteiger partial charge in [0, 0.05) is 53.7 Å². The molecule has 10 heteroatoms. The molecule has 1 amide bonds. The number of aryl methyl sites for hydroxylation is 1. The lowest BCUT2D eigenvalue weighted by Crippen LogP contribution is -2.51. The Labute approximate surface area is 229 Å². The Morgan fingerprint density at radius 2 is 1.95 bits per heavy atom. The highest BCUT2D eigenvalue weighted by Crippen LogP contribution is 2.41. The number of anilines is 3. The van der Waals surface area contributed by atoms with Crippen molar-refractivity contribution in [3.63, 3.8) is 0 Å². The Hall–Kier alpha value is -4.49. The van der Waals surface area contributed by atoms with Crippen molar-refractivity contribution in [2.24, 2.45) is 5.92 Å². The second-order valence-electron chi connectivity index (χ2n) is 10.1. The Morgan fingerprint density at radius 1 is 1.10 bits per heavy atom. The smallest absolute Gasteiger partial charge is 0.226 e. The first-order valence-electron chi connectivity index (χ1n) is 13.2. The highest BCUT2D eigenvalue weighted by Gasteiger charge is 2.33. The summed E-state index contributed by atoms with van der Waals surface area (Å²) < 4.78 is 0. The van der Waals surface area contributed by atoms with Crippen LogP contribution in [0.4, 0.5) is 17.2 Å². The molecule has 0 bridgehead atoms. The minimum absolute atomic E-state index is 0.000101. The molecule has 0 saturated carbocycles. The summed E-state index contributed by atoms with van der Waals surface area (Å²) in [6.45, 7) is 3.03. The molecule has 4 heterocycles. The molecule has 1 saturated heterocycles. The summed E-state index contributed by atoms with van der Waals surface area (Å²) in [4.78, 5) is 29.2. The van der Waals surface area contributed by atoms with Crippen LogP contribution < -0.4 is 10.2 Å². The van der Waals surface area contributed by atoms with Gasteiger partial charge in [0.15, 0.2) is 0 Å². The summed E-state index contributed by atoms with van der Waals surface area (Å²) in [5, 5.41) is 21.7. The van der Waals surface area contributed by atoms with Gasteiger partial charge in [-0.1, -0.05) is 0 Å². The highest BCUT2D eigenvalue weighted by atomic mass is 32.1. The minimum atomic E-state index is -0.000101. The van der Waals surface area contributed by atoms with E-state index >= 15 is 0 Å². The van der Waals surface area contributed by atoms with E-state index in [-0.39, 0.29) is 11.8 Å². The normalized spacial score (nSPS) is 17.3. The number of nitrogens with zero attached hydrogens (tertiary/aromatic N) is 6. The van der Waals surface area contributed by atoms with Gasteiger partial charge in [-0.2, -0.15) is 10.4 Å². The molecular weight excluding hydrogens is 508 g/mol. The van der Waals surface area contributed by atoms with Crippen LogP contribution in [0.2, 0.25) is 0 Å². The van der Waals surface area contributed by atoms with E-state index in [0.29, 0.717) is 5.56 Å².